The van der Waals surface area contributed by atoms with Gasteiger partial charge >= 0.3 is 0 Å². The fourth-order valence-electron chi connectivity index (χ4n) is 3.09. The zero-order valence-corrected chi connectivity index (χ0v) is 14.0. The highest BCUT2D eigenvalue weighted by molar-refractivity contribution is 5.95. The number of likely N-dealkylation sites (tertiary alicyclic amines) is 1. The Balaban J connectivity index is 1.85. The quantitative estimate of drug-likeness (QED) is 0.819. The molecule has 1 fully saturated rings. The van der Waals surface area contributed by atoms with Gasteiger partial charge in [0.2, 0.25) is 5.91 Å². The van der Waals surface area contributed by atoms with Crippen LogP contribution in [0.1, 0.15) is 49.9 Å². The lowest BCUT2D eigenvalue weighted by atomic mass is 9.98. The Morgan fingerprint density at radius 1 is 1.26 bits per heavy atom. The first kappa shape index (κ1) is 17.3. The van der Waals surface area contributed by atoms with E-state index in [1.807, 2.05) is 4.90 Å². The summed E-state index contributed by atoms with van der Waals surface area (Å²) in [5.74, 6) is 0.297. The molecular weight excluding hydrogens is 290 g/mol. The summed E-state index contributed by atoms with van der Waals surface area (Å²) < 4.78 is 0. The highest BCUT2D eigenvalue weighted by Crippen LogP contribution is 2.18. The number of anilines is 1. The van der Waals surface area contributed by atoms with Crippen molar-refractivity contribution >= 4 is 17.5 Å². The van der Waals surface area contributed by atoms with E-state index in [0.29, 0.717) is 11.3 Å². The van der Waals surface area contributed by atoms with Crippen molar-refractivity contribution in [1.82, 2.24) is 10.2 Å². The smallest absolute Gasteiger partial charge is 0.251 e. The van der Waals surface area contributed by atoms with Crippen molar-refractivity contribution in [1.29, 1.82) is 0 Å². The third kappa shape index (κ3) is 4.47. The lowest BCUT2D eigenvalue weighted by molar-refractivity contribution is -0.136. The second-order valence-electron chi connectivity index (χ2n) is 6.21. The molecule has 1 aromatic rings. The van der Waals surface area contributed by atoms with Crippen molar-refractivity contribution in [3.05, 3.63) is 29.8 Å². The summed E-state index contributed by atoms with van der Waals surface area (Å²) >= 11 is 0. The maximum Gasteiger partial charge on any atom is 0.251 e. The third-order valence-electron chi connectivity index (χ3n) is 4.63. The average Bonchev–Trinajstić information content (AvgIpc) is 2.56. The molecule has 0 aliphatic carbocycles. The Kier molecular flexibility index (Phi) is 6.02. The molecule has 126 valence electrons. The summed E-state index contributed by atoms with van der Waals surface area (Å²) in [6.07, 6.45) is 3.39. The van der Waals surface area contributed by atoms with Crippen LogP contribution < -0.4 is 11.1 Å². The number of piperidine rings is 1. The van der Waals surface area contributed by atoms with Gasteiger partial charge in [-0.05, 0) is 43.9 Å². The largest absolute Gasteiger partial charge is 0.399 e. The van der Waals surface area contributed by atoms with Gasteiger partial charge in [0, 0.05) is 36.3 Å². The number of carbonyl (C=O) groups is 2. The SMILES string of the molecule is CCC(CC)C(=O)N1CCC(NC(=O)c2cccc(N)c2)CC1. The second kappa shape index (κ2) is 7.99. The van der Waals surface area contributed by atoms with Gasteiger partial charge in [0.1, 0.15) is 0 Å². The van der Waals surface area contributed by atoms with Gasteiger partial charge in [-0.25, -0.2) is 0 Å². The van der Waals surface area contributed by atoms with E-state index >= 15 is 0 Å². The Hall–Kier alpha value is -2.04. The summed E-state index contributed by atoms with van der Waals surface area (Å²) in [5.41, 5.74) is 6.88. The van der Waals surface area contributed by atoms with E-state index in [2.05, 4.69) is 19.2 Å². The molecule has 5 heteroatoms. The lowest BCUT2D eigenvalue weighted by Gasteiger charge is -2.34. The topological polar surface area (TPSA) is 75.4 Å². The minimum absolute atomic E-state index is 0.0953. The second-order valence-corrected chi connectivity index (χ2v) is 6.21. The Morgan fingerprint density at radius 3 is 2.48 bits per heavy atom. The Bertz CT molecular complexity index is 547. The van der Waals surface area contributed by atoms with E-state index in [1.54, 1.807) is 24.3 Å². The molecule has 2 rings (SSSR count). The zero-order valence-electron chi connectivity index (χ0n) is 14.0. The van der Waals surface area contributed by atoms with Crippen molar-refractivity contribution in [3.63, 3.8) is 0 Å². The van der Waals surface area contributed by atoms with E-state index < -0.39 is 0 Å². The molecule has 0 aromatic heterocycles. The number of nitrogen functional groups attached to an aromatic ring is 1. The molecule has 23 heavy (non-hydrogen) atoms. The number of nitrogens with zero attached hydrogens (tertiary/aromatic N) is 1. The van der Waals surface area contributed by atoms with Crippen LogP contribution in [0.4, 0.5) is 5.69 Å². The first-order valence-corrected chi connectivity index (χ1v) is 8.50. The predicted molar refractivity (Wildman–Crippen MR) is 92.0 cm³/mol. The number of nitrogens with one attached hydrogen (secondary N) is 1. The normalized spacial score (nSPS) is 15.7. The summed E-state index contributed by atoms with van der Waals surface area (Å²) in [7, 11) is 0. The van der Waals surface area contributed by atoms with Crippen LogP contribution in [0, 0.1) is 5.92 Å². The van der Waals surface area contributed by atoms with Crippen molar-refractivity contribution < 1.29 is 9.59 Å². The van der Waals surface area contributed by atoms with Gasteiger partial charge in [-0.2, -0.15) is 0 Å². The lowest BCUT2D eigenvalue weighted by Crippen LogP contribution is -2.48. The summed E-state index contributed by atoms with van der Waals surface area (Å²) in [4.78, 5) is 26.6. The summed E-state index contributed by atoms with van der Waals surface area (Å²) in [6.45, 7) is 5.56. The van der Waals surface area contributed by atoms with Crippen LogP contribution in [0.2, 0.25) is 0 Å². The standard InChI is InChI=1S/C18H27N3O2/c1-3-13(4-2)18(23)21-10-8-16(9-11-21)20-17(22)14-6-5-7-15(19)12-14/h5-7,12-13,16H,3-4,8-11,19H2,1-2H3,(H,20,22). The number of nitrogens with two attached hydrogens (primary N) is 1. The third-order valence-corrected chi connectivity index (χ3v) is 4.63. The molecule has 0 spiro atoms. The van der Waals surface area contributed by atoms with Gasteiger partial charge in [-0.15, -0.1) is 0 Å². The van der Waals surface area contributed by atoms with Crippen molar-refractivity contribution in [2.24, 2.45) is 5.92 Å². The number of hydrogen-bond acceptors (Lipinski definition) is 3. The first-order valence-electron chi connectivity index (χ1n) is 8.50. The van der Waals surface area contributed by atoms with Gasteiger partial charge in [-0.1, -0.05) is 19.9 Å². The van der Waals surface area contributed by atoms with Gasteiger partial charge < -0.3 is 16.0 Å². The van der Waals surface area contributed by atoms with E-state index in [4.69, 9.17) is 5.73 Å². The number of rotatable bonds is 5. The van der Waals surface area contributed by atoms with Crippen molar-refractivity contribution in [2.75, 3.05) is 18.8 Å². The summed E-state index contributed by atoms with van der Waals surface area (Å²) in [5, 5.41) is 3.05. The van der Waals surface area contributed by atoms with Crippen LogP contribution in [0.5, 0.6) is 0 Å². The minimum Gasteiger partial charge on any atom is -0.399 e. The Labute approximate surface area is 138 Å². The Morgan fingerprint density at radius 2 is 1.91 bits per heavy atom. The number of benzene rings is 1. The van der Waals surface area contributed by atoms with E-state index in [0.717, 1.165) is 38.8 Å². The molecule has 0 unspecified atom stereocenters. The van der Waals surface area contributed by atoms with Crippen LogP contribution in [-0.4, -0.2) is 35.8 Å². The molecule has 1 aromatic carbocycles. The van der Waals surface area contributed by atoms with Gasteiger partial charge in [0.15, 0.2) is 0 Å². The molecule has 0 radical (unpaired) electrons. The zero-order chi connectivity index (χ0) is 16.8. The molecule has 1 saturated heterocycles. The van der Waals surface area contributed by atoms with Gasteiger partial charge in [-0.3, -0.25) is 9.59 Å². The van der Waals surface area contributed by atoms with Gasteiger partial charge in [0.05, 0.1) is 0 Å². The van der Waals surface area contributed by atoms with Crippen LogP contribution in [-0.2, 0) is 4.79 Å². The molecule has 0 saturated carbocycles. The van der Waals surface area contributed by atoms with E-state index in [-0.39, 0.29) is 23.8 Å². The number of carbonyl (C=O) groups excluding carboxylic acids is 2. The van der Waals surface area contributed by atoms with E-state index in [9.17, 15) is 9.59 Å². The molecule has 2 amide bonds. The molecule has 3 N–H and O–H groups in total. The minimum atomic E-state index is -0.0953. The summed E-state index contributed by atoms with van der Waals surface area (Å²) in [6, 6.07) is 7.10. The molecule has 0 bridgehead atoms. The van der Waals surface area contributed by atoms with Crippen LogP contribution in [0.3, 0.4) is 0 Å². The van der Waals surface area contributed by atoms with Crippen LogP contribution in [0.15, 0.2) is 24.3 Å². The highest BCUT2D eigenvalue weighted by atomic mass is 16.2. The predicted octanol–water partition coefficient (Wildman–Crippen LogP) is 2.43. The average molecular weight is 317 g/mol. The highest BCUT2D eigenvalue weighted by Gasteiger charge is 2.27. The molecule has 1 aliphatic heterocycles. The van der Waals surface area contributed by atoms with E-state index in [1.165, 1.54) is 0 Å². The molecular formula is C18H27N3O2. The fraction of sp³-hybridized carbons (Fsp3) is 0.556. The fourth-order valence-corrected chi connectivity index (χ4v) is 3.09. The van der Waals surface area contributed by atoms with Gasteiger partial charge in [0.25, 0.3) is 5.91 Å². The number of amides is 2. The molecule has 1 heterocycles. The monoisotopic (exact) mass is 317 g/mol. The number of hydrogen-bond donors (Lipinski definition) is 2. The molecule has 1 aliphatic rings. The maximum atomic E-state index is 12.4. The van der Waals surface area contributed by atoms with Crippen molar-refractivity contribution in [3.8, 4) is 0 Å². The van der Waals surface area contributed by atoms with Crippen molar-refractivity contribution in [2.45, 2.75) is 45.6 Å². The van der Waals surface area contributed by atoms with Crippen LogP contribution in [0.25, 0.3) is 0 Å². The maximum absolute atomic E-state index is 12.4. The first-order chi connectivity index (χ1) is 11.0. The molecule has 0 atom stereocenters. The van der Waals surface area contributed by atoms with Crippen LogP contribution >= 0.6 is 0 Å². The molecule has 5 nitrogen and oxygen atoms in total.